The average Bonchev–Trinajstić information content (AvgIpc) is 2.57. The van der Waals surface area contributed by atoms with Gasteiger partial charge < -0.3 is 5.11 Å². The zero-order valence-electron chi connectivity index (χ0n) is 7.98. The predicted molar refractivity (Wildman–Crippen MR) is 60.1 cm³/mol. The van der Waals surface area contributed by atoms with Crippen LogP contribution in [0, 0.1) is 18.4 Å². The van der Waals surface area contributed by atoms with Crippen LogP contribution >= 0.6 is 11.3 Å². The van der Waals surface area contributed by atoms with Crippen molar-refractivity contribution in [2.24, 2.45) is 4.99 Å². The van der Waals surface area contributed by atoms with Crippen LogP contribution in [0.5, 0.6) is 0 Å². The van der Waals surface area contributed by atoms with Crippen LogP contribution in [0.15, 0.2) is 23.3 Å². The molecule has 0 saturated carbocycles. The fraction of sp³-hybridized carbons (Fsp3) is 0.100. The highest BCUT2D eigenvalue weighted by molar-refractivity contribution is 7.20. The van der Waals surface area contributed by atoms with E-state index in [2.05, 4.69) is 9.98 Å². The van der Waals surface area contributed by atoms with Gasteiger partial charge in [0, 0.05) is 11.6 Å². The Balaban J connectivity index is 2.69. The Hall–Kier alpha value is -1.93. The van der Waals surface area contributed by atoms with Gasteiger partial charge in [0.15, 0.2) is 4.88 Å². The quantitative estimate of drug-likeness (QED) is 0.315. The molecule has 0 unspecified atom stereocenters. The van der Waals surface area contributed by atoms with E-state index in [9.17, 15) is 0 Å². The molecule has 2 rings (SSSR count). The third-order valence-corrected chi connectivity index (χ3v) is 3.31. The molecule has 2 heterocycles. The number of aromatic nitrogens is 1. The average molecular weight is 218 g/mol. The van der Waals surface area contributed by atoms with E-state index >= 15 is 0 Å². The lowest BCUT2D eigenvalue weighted by Gasteiger charge is -1.90. The molecule has 74 valence electrons. The Labute approximate surface area is 90.2 Å². The van der Waals surface area contributed by atoms with Crippen molar-refractivity contribution in [3.8, 4) is 6.19 Å². The van der Waals surface area contributed by atoms with Gasteiger partial charge in [0.2, 0.25) is 6.19 Å². The van der Waals surface area contributed by atoms with Crippen molar-refractivity contribution in [3.05, 3.63) is 28.8 Å². The number of pyridine rings is 1. The Kier molecular flexibility index (Phi) is 2.35. The van der Waals surface area contributed by atoms with E-state index in [1.807, 2.05) is 19.1 Å². The lowest BCUT2D eigenvalue weighted by molar-refractivity contribution is 0.556. The van der Waals surface area contributed by atoms with Crippen LogP contribution in [0.3, 0.4) is 0 Å². The predicted octanol–water partition coefficient (Wildman–Crippen LogP) is 1.56. The summed E-state index contributed by atoms with van der Waals surface area (Å²) in [6.45, 7) is 1.91. The number of rotatable bonds is 1. The molecule has 2 aromatic rings. The van der Waals surface area contributed by atoms with Crippen molar-refractivity contribution >= 4 is 27.5 Å². The third-order valence-electron chi connectivity index (χ3n) is 2.09. The summed E-state index contributed by atoms with van der Waals surface area (Å²) < 4.78 is 0. The van der Waals surface area contributed by atoms with Gasteiger partial charge in [0.05, 0.1) is 0 Å². The molecule has 15 heavy (non-hydrogen) atoms. The SMILES string of the molecule is Cc1c(C([OH2+])=NC#N)sc2ncccc12. The van der Waals surface area contributed by atoms with Crippen LogP contribution in [0.4, 0.5) is 0 Å². The molecule has 0 aliphatic rings. The zero-order chi connectivity index (χ0) is 10.8. The zero-order valence-corrected chi connectivity index (χ0v) is 8.80. The van der Waals surface area contributed by atoms with Crippen molar-refractivity contribution < 1.29 is 5.11 Å². The Morgan fingerprint density at radius 1 is 1.67 bits per heavy atom. The van der Waals surface area contributed by atoms with Crippen LogP contribution < -0.4 is 0 Å². The highest BCUT2D eigenvalue weighted by Gasteiger charge is 2.16. The summed E-state index contributed by atoms with van der Waals surface area (Å²) >= 11 is 1.39. The smallest absolute Gasteiger partial charge is 0.385 e. The van der Waals surface area contributed by atoms with Crippen LogP contribution in [0.2, 0.25) is 0 Å². The molecule has 0 fully saturated rings. The molecule has 5 heteroatoms. The van der Waals surface area contributed by atoms with Gasteiger partial charge in [0.25, 0.3) is 0 Å². The minimum Gasteiger partial charge on any atom is -0.577 e. The van der Waals surface area contributed by atoms with Gasteiger partial charge in [0.1, 0.15) is 4.83 Å². The van der Waals surface area contributed by atoms with Gasteiger partial charge >= 0.3 is 5.90 Å². The number of aryl methyl sites for hydroxylation is 1. The molecule has 4 nitrogen and oxygen atoms in total. The maximum absolute atomic E-state index is 8.40. The number of hydrogen-bond donors (Lipinski definition) is 0. The summed E-state index contributed by atoms with van der Waals surface area (Å²) in [6.07, 6.45) is 3.34. The van der Waals surface area contributed by atoms with E-state index in [0.29, 0.717) is 4.88 Å². The first-order valence-corrected chi connectivity index (χ1v) is 5.08. The first-order valence-electron chi connectivity index (χ1n) is 4.27. The number of hydrogen-bond acceptors (Lipinski definition) is 4. The molecule has 0 bridgehead atoms. The molecule has 2 N–H and O–H groups in total. The third kappa shape index (κ3) is 1.55. The van der Waals surface area contributed by atoms with Crippen LogP contribution in [-0.2, 0) is 0 Å². The summed E-state index contributed by atoms with van der Waals surface area (Å²) in [6, 6.07) is 3.81. The molecule has 0 aromatic carbocycles. The van der Waals surface area contributed by atoms with Crippen molar-refractivity contribution in [2.45, 2.75) is 6.92 Å². The molecule has 0 radical (unpaired) electrons. The minimum absolute atomic E-state index is 0.0120. The second kappa shape index (κ2) is 3.67. The fourth-order valence-corrected chi connectivity index (χ4v) is 2.42. The molecule has 0 aliphatic carbocycles. The summed E-state index contributed by atoms with van der Waals surface area (Å²) in [5.74, 6) is 0.0120. The second-order valence-corrected chi connectivity index (χ2v) is 3.97. The summed E-state index contributed by atoms with van der Waals surface area (Å²) in [5, 5.41) is 17.0. The first kappa shape index (κ1) is 9.62. The number of nitriles is 1. The van der Waals surface area contributed by atoms with Gasteiger partial charge in [-0.3, -0.25) is 0 Å². The number of fused-ring (bicyclic) bond motifs is 1. The van der Waals surface area contributed by atoms with Crippen LogP contribution in [0.25, 0.3) is 10.2 Å². The lowest BCUT2D eigenvalue weighted by atomic mass is 10.2. The van der Waals surface area contributed by atoms with Crippen molar-refractivity contribution in [2.75, 3.05) is 0 Å². The first-order chi connectivity index (χ1) is 7.24. The van der Waals surface area contributed by atoms with Crippen LogP contribution in [0.1, 0.15) is 10.4 Å². The van der Waals surface area contributed by atoms with E-state index in [1.165, 1.54) is 11.3 Å². The maximum Gasteiger partial charge on any atom is 0.385 e. The summed E-state index contributed by atoms with van der Waals surface area (Å²) in [4.78, 5) is 9.22. The molecule has 0 saturated heterocycles. The fourth-order valence-electron chi connectivity index (χ4n) is 1.38. The number of nitrogens with zero attached hydrogens (tertiary/aromatic N) is 3. The topological polar surface area (TPSA) is 71.9 Å². The van der Waals surface area contributed by atoms with Crippen molar-refractivity contribution in [1.82, 2.24) is 4.98 Å². The standard InChI is InChI=1S/C10H7N3OS/c1-6-7-3-2-4-12-10(7)15-8(6)9(14)13-5-11/h2-4H,1H3,(H,13,14)/p+1. The molecule has 0 atom stereocenters. The van der Waals surface area contributed by atoms with Crippen molar-refractivity contribution in [1.29, 1.82) is 5.26 Å². The van der Waals surface area contributed by atoms with Crippen molar-refractivity contribution in [3.63, 3.8) is 0 Å². The Bertz CT molecular complexity index is 580. The highest BCUT2D eigenvalue weighted by Crippen LogP contribution is 2.28. The molecule has 0 aliphatic heterocycles. The van der Waals surface area contributed by atoms with E-state index in [1.54, 1.807) is 12.4 Å². The number of aliphatic imine (C=N–C) groups is 1. The van der Waals surface area contributed by atoms with Gasteiger partial charge in [-0.2, -0.15) is 5.26 Å². The van der Waals surface area contributed by atoms with Crippen LogP contribution in [-0.4, -0.2) is 16.0 Å². The summed E-state index contributed by atoms with van der Waals surface area (Å²) in [5.41, 5.74) is 0.965. The normalized spacial score (nSPS) is 11.6. The van der Waals surface area contributed by atoms with E-state index in [4.69, 9.17) is 10.4 Å². The number of thiophene rings is 1. The highest BCUT2D eigenvalue weighted by atomic mass is 32.1. The summed E-state index contributed by atoms with van der Waals surface area (Å²) in [7, 11) is 0. The van der Waals surface area contributed by atoms with Gasteiger partial charge in [-0.1, -0.05) is 11.1 Å². The largest absolute Gasteiger partial charge is 0.577 e. The maximum atomic E-state index is 8.40. The minimum atomic E-state index is 0.0120. The molecule has 0 amide bonds. The van der Waals surface area contributed by atoms with Gasteiger partial charge in [-0.05, 0) is 18.6 Å². The molecule has 0 spiro atoms. The molecular formula is C10H8N3OS+. The van der Waals surface area contributed by atoms with E-state index in [-0.39, 0.29) is 5.90 Å². The molecular weight excluding hydrogens is 210 g/mol. The Morgan fingerprint density at radius 2 is 2.47 bits per heavy atom. The van der Waals surface area contributed by atoms with E-state index < -0.39 is 0 Å². The lowest BCUT2D eigenvalue weighted by Crippen LogP contribution is -1.96. The van der Waals surface area contributed by atoms with Gasteiger partial charge in [-0.15, -0.1) is 11.3 Å². The monoisotopic (exact) mass is 218 g/mol. The Morgan fingerprint density at radius 3 is 3.13 bits per heavy atom. The second-order valence-electron chi connectivity index (χ2n) is 2.97. The molecule has 2 aromatic heterocycles. The van der Waals surface area contributed by atoms with E-state index in [0.717, 1.165) is 15.8 Å². The van der Waals surface area contributed by atoms with Gasteiger partial charge in [-0.25, -0.2) is 4.98 Å².